The molecule has 0 aliphatic carbocycles. The monoisotopic (exact) mass is 380 g/mol. The molecule has 27 heavy (non-hydrogen) atoms. The number of nitrogens with one attached hydrogen (secondary N) is 1. The molecule has 1 aliphatic rings. The summed E-state index contributed by atoms with van der Waals surface area (Å²) < 4.78 is 5.48. The van der Waals surface area contributed by atoms with E-state index in [2.05, 4.69) is 27.7 Å². The van der Waals surface area contributed by atoms with E-state index in [-0.39, 0.29) is 11.9 Å². The Morgan fingerprint density at radius 3 is 2.56 bits per heavy atom. The Kier molecular flexibility index (Phi) is 5.41. The summed E-state index contributed by atoms with van der Waals surface area (Å²) >= 11 is 1.76. The van der Waals surface area contributed by atoms with Crippen molar-refractivity contribution in [3.63, 3.8) is 0 Å². The first kappa shape index (κ1) is 18.0. The first-order valence-electron chi connectivity index (χ1n) is 9.38. The molecule has 4 nitrogen and oxygen atoms in total. The number of amides is 1. The lowest BCUT2D eigenvalue weighted by atomic mass is 10.1. The zero-order chi connectivity index (χ0) is 18.6. The van der Waals surface area contributed by atoms with Gasteiger partial charge < -0.3 is 10.1 Å². The smallest absolute Gasteiger partial charge is 0.255 e. The van der Waals surface area contributed by atoms with Gasteiger partial charge in [-0.1, -0.05) is 30.3 Å². The molecule has 1 unspecified atom stereocenters. The number of methoxy groups -OCH3 is 1. The maximum absolute atomic E-state index is 13.0. The number of carbonyl (C=O) groups is 1. The second-order valence-corrected chi connectivity index (χ2v) is 7.86. The summed E-state index contributed by atoms with van der Waals surface area (Å²) in [6, 6.07) is 16.3. The summed E-state index contributed by atoms with van der Waals surface area (Å²) in [7, 11) is 1.61. The molecule has 0 spiro atoms. The maximum atomic E-state index is 13.0. The van der Waals surface area contributed by atoms with E-state index in [0.29, 0.717) is 17.9 Å². The predicted octanol–water partition coefficient (Wildman–Crippen LogP) is 4.48. The first-order chi connectivity index (χ1) is 13.3. The highest BCUT2D eigenvalue weighted by molar-refractivity contribution is 7.10. The van der Waals surface area contributed by atoms with Gasteiger partial charge in [-0.05, 0) is 60.3 Å². The van der Waals surface area contributed by atoms with Crippen molar-refractivity contribution < 1.29 is 9.53 Å². The minimum Gasteiger partial charge on any atom is -0.496 e. The van der Waals surface area contributed by atoms with E-state index in [1.165, 1.54) is 17.7 Å². The number of hydrogen-bond acceptors (Lipinski definition) is 4. The average molecular weight is 381 g/mol. The summed E-state index contributed by atoms with van der Waals surface area (Å²) in [5, 5.41) is 7.36. The van der Waals surface area contributed by atoms with Crippen molar-refractivity contribution in [2.24, 2.45) is 0 Å². The Labute approximate surface area is 163 Å². The van der Waals surface area contributed by atoms with Gasteiger partial charge in [-0.25, -0.2) is 0 Å². The highest BCUT2D eigenvalue weighted by Gasteiger charge is 2.25. The zero-order valence-electron chi connectivity index (χ0n) is 15.5. The van der Waals surface area contributed by atoms with Crippen molar-refractivity contribution in [3.05, 3.63) is 64.4 Å². The van der Waals surface area contributed by atoms with E-state index in [9.17, 15) is 4.79 Å². The van der Waals surface area contributed by atoms with E-state index >= 15 is 0 Å². The lowest BCUT2D eigenvalue weighted by Crippen LogP contribution is -2.36. The number of nitrogens with zero attached hydrogens (tertiary/aromatic N) is 1. The first-order valence-corrected chi connectivity index (χ1v) is 10.3. The van der Waals surface area contributed by atoms with Gasteiger partial charge in [-0.3, -0.25) is 9.69 Å². The topological polar surface area (TPSA) is 41.6 Å². The molecular weight excluding hydrogens is 356 g/mol. The van der Waals surface area contributed by atoms with Crippen molar-refractivity contribution >= 4 is 28.0 Å². The molecule has 1 aliphatic heterocycles. The highest BCUT2D eigenvalue weighted by atomic mass is 32.1. The molecule has 1 N–H and O–H groups in total. The SMILES string of the molecule is COc1cc2ccccc2cc1C(=O)NCC(c1cccs1)N1CCCC1. The third kappa shape index (κ3) is 3.84. The summed E-state index contributed by atoms with van der Waals surface area (Å²) in [4.78, 5) is 16.7. The van der Waals surface area contributed by atoms with Crippen LogP contribution in [0.15, 0.2) is 53.9 Å². The zero-order valence-corrected chi connectivity index (χ0v) is 16.3. The van der Waals surface area contributed by atoms with E-state index < -0.39 is 0 Å². The van der Waals surface area contributed by atoms with Crippen molar-refractivity contribution in [2.45, 2.75) is 18.9 Å². The maximum Gasteiger partial charge on any atom is 0.255 e. The van der Waals surface area contributed by atoms with Gasteiger partial charge in [0.05, 0.1) is 18.7 Å². The lowest BCUT2D eigenvalue weighted by molar-refractivity contribution is 0.0935. The van der Waals surface area contributed by atoms with Gasteiger partial charge in [0.25, 0.3) is 5.91 Å². The highest BCUT2D eigenvalue weighted by Crippen LogP contribution is 2.29. The number of hydrogen-bond donors (Lipinski definition) is 1. The number of rotatable bonds is 6. The Hall–Kier alpha value is -2.37. The summed E-state index contributed by atoms with van der Waals surface area (Å²) in [5.74, 6) is 0.526. The van der Waals surface area contributed by atoms with Gasteiger partial charge in [0, 0.05) is 11.4 Å². The van der Waals surface area contributed by atoms with Gasteiger partial charge in [0.1, 0.15) is 5.75 Å². The van der Waals surface area contributed by atoms with E-state index in [1.807, 2.05) is 36.4 Å². The molecule has 1 aromatic heterocycles. The fourth-order valence-corrected chi connectivity index (χ4v) is 4.65. The largest absolute Gasteiger partial charge is 0.496 e. The van der Waals surface area contributed by atoms with Crippen LogP contribution in [0.4, 0.5) is 0 Å². The molecule has 140 valence electrons. The van der Waals surface area contributed by atoms with Crippen LogP contribution in [0.25, 0.3) is 10.8 Å². The van der Waals surface area contributed by atoms with Crippen LogP contribution >= 0.6 is 11.3 Å². The van der Waals surface area contributed by atoms with Crippen LogP contribution < -0.4 is 10.1 Å². The number of carbonyl (C=O) groups excluding carboxylic acids is 1. The Balaban J connectivity index is 1.55. The van der Waals surface area contributed by atoms with Crippen LogP contribution in [0.5, 0.6) is 5.75 Å². The Morgan fingerprint density at radius 2 is 1.89 bits per heavy atom. The number of ether oxygens (including phenoxy) is 1. The molecule has 2 aromatic carbocycles. The van der Waals surface area contributed by atoms with Gasteiger partial charge in [0.15, 0.2) is 0 Å². The second-order valence-electron chi connectivity index (χ2n) is 6.88. The minimum atomic E-state index is -0.0849. The molecular formula is C22H24N2O2S. The lowest BCUT2D eigenvalue weighted by Gasteiger charge is -2.27. The molecule has 1 amide bonds. The number of likely N-dealkylation sites (tertiary alicyclic amines) is 1. The summed E-state index contributed by atoms with van der Waals surface area (Å²) in [6.45, 7) is 2.80. The molecule has 5 heteroatoms. The van der Waals surface area contributed by atoms with Gasteiger partial charge in [0.2, 0.25) is 0 Å². The van der Waals surface area contributed by atoms with Crippen LogP contribution in [0.2, 0.25) is 0 Å². The number of fused-ring (bicyclic) bond motifs is 1. The van der Waals surface area contributed by atoms with E-state index in [4.69, 9.17) is 4.74 Å². The van der Waals surface area contributed by atoms with E-state index in [1.54, 1.807) is 18.4 Å². The Morgan fingerprint density at radius 1 is 1.15 bits per heavy atom. The molecule has 0 radical (unpaired) electrons. The molecule has 0 saturated carbocycles. The summed E-state index contributed by atoms with van der Waals surface area (Å²) in [6.07, 6.45) is 2.46. The van der Waals surface area contributed by atoms with Gasteiger partial charge in [-0.2, -0.15) is 0 Å². The third-order valence-electron chi connectivity index (χ3n) is 5.22. The molecule has 1 atom stereocenters. The Bertz CT molecular complexity index is 917. The quantitative estimate of drug-likeness (QED) is 0.686. The number of benzene rings is 2. The molecule has 2 heterocycles. The normalized spacial score (nSPS) is 15.7. The molecule has 0 bridgehead atoms. The van der Waals surface area contributed by atoms with E-state index in [0.717, 1.165) is 23.9 Å². The van der Waals surface area contributed by atoms with Crippen LogP contribution in [0.3, 0.4) is 0 Å². The molecule has 1 saturated heterocycles. The minimum absolute atomic E-state index is 0.0849. The molecule has 3 aromatic rings. The van der Waals surface area contributed by atoms with Crippen molar-refractivity contribution in [1.82, 2.24) is 10.2 Å². The van der Waals surface area contributed by atoms with Gasteiger partial charge in [-0.15, -0.1) is 11.3 Å². The fourth-order valence-electron chi connectivity index (χ4n) is 3.79. The van der Waals surface area contributed by atoms with Crippen LogP contribution in [0.1, 0.15) is 34.1 Å². The van der Waals surface area contributed by atoms with Crippen molar-refractivity contribution in [2.75, 3.05) is 26.7 Å². The van der Waals surface area contributed by atoms with Crippen molar-refractivity contribution in [1.29, 1.82) is 0 Å². The van der Waals surface area contributed by atoms with Gasteiger partial charge >= 0.3 is 0 Å². The van der Waals surface area contributed by atoms with Crippen molar-refractivity contribution in [3.8, 4) is 5.75 Å². The standard InChI is InChI=1S/C22H24N2O2S/c1-26-20-14-17-8-3-2-7-16(17)13-18(20)22(25)23-15-19(21-9-6-12-27-21)24-10-4-5-11-24/h2-3,6-9,12-14,19H,4-5,10-11,15H2,1H3,(H,23,25). The van der Waals surface area contributed by atoms with Crippen LogP contribution in [0, 0.1) is 0 Å². The number of thiophene rings is 1. The summed E-state index contributed by atoms with van der Waals surface area (Å²) in [5.41, 5.74) is 0.586. The average Bonchev–Trinajstić information content (AvgIpc) is 3.41. The van der Waals surface area contributed by atoms with Crippen LogP contribution in [-0.4, -0.2) is 37.6 Å². The fraction of sp³-hybridized carbons (Fsp3) is 0.318. The van der Waals surface area contributed by atoms with Crippen LogP contribution in [-0.2, 0) is 0 Å². The second kappa shape index (κ2) is 8.11. The molecule has 1 fully saturated rings. The third-order valence-corrected chi connectivity index (χ3v) is 6.19. The molecule has 4 rings (SSSR count). The predicted molar refractivity (Wildman–Crippen MR) is 111 cm³/mol.